The van der Waals surface area contributed by atoms with Gasteiger partial charge >= 0.3 is 0 Å². The van der Waals surface area contributed by atoms with Gasteiger partial charge in [0.15, 0.2) is 0 Å². The van der Waals surface area contributed by atoms with Gasteiger partial charge in [-0.1, -0.05) is 24.3 Å². The summed E-state index contributed by atoms with van der Waals surface area (Å²) in [6, 6.07) is 13.2. The van der Waals surface area contributed by atoms with E-state index in [9.17, 15) is 18.0 Å². The number of sulfonamides is 1. The predicted octanol–water partition coefficient (Wildman–Crippen LogP) is 4.46. The van der Waals surface area contributed by atoms with Gasteiger partial charge in [0.05, 0.1) is 17.1 Å². The van der Waals surface area contributed by atoms with Gasteiger partial charge in [-0.05, 0) is 98.4 Å². The summed E-state index contributed by atoms with van der Waals surface area (Å²) < 4.78 is 28.0. The summed E-state index contributed by atoms with van der Waals surface area (Å²) in [5.41, 5.74) is 1.71. The largest absolute Gasteiger partial charge is 0.347 e. The third-order valence-electron chi connectivity index (χ3n) is 7.97. The average molecular weight is 496 g/mol. The van der Waals surface area contributed by atoms with Crippen LogP contribution < -0.4 is 15.4 Å². The standard InChI is InChI=1S/C27H33N3O4S/c1-18-7-8-22(12-24(18)30-35(33,34)23-5-3-2-4-6-23)29-26(32)17-28-25(31)16-27-13-19-9-20(14-27)11-21(10-19)15-27/h2-8,12,19-21,30H,9-11,13-17H2,1H3,(H,28,31)(H,29,32). The molecular formula is C27H33N3O4S. The van der Waals surface area contributed by atoms with Crippen LogP contribution >= 0.6 is 0 Å². The van der Waals surface area contributed by atoms with Crippen molar-refractivity contribution < 1.29 is 18.0 Å². The Hall–Kier alpha value is -2.87. The molecule has 4 saturated carbocycles. The number of benzene rings is 2. The highest BCUT2D eigenvalue weighted by molar-refractivity contribution is 7.92. The number of rotatable bonds is 8. The average Bonchev–Trinajstić information content (AvgIpc) is 2.79. The summed E-state index contributed by atoms with van der Waals surface area (Å²) in [5, 5.41) is 5.56. The molecule has 4 aliphatic rings. The molecular weight excluding hydrogens is 462 g/mol. The highest BCUT2D eigenvalue weighted by Gasteiger charge is 2.51. The monoisotopic (exact) mass is 495 g/mol. The number of carbonyl (C=O) groups is 2. The van der Waals surface area contributed by atoms with Gasteiger partial charge < -0.3 is 10.6 Å². The molecule has 0 radical (unpaired) electrons. The number of amides is 2. The van der Waals surface area contributed by atoms with Crippen LogP contribution in [0.25, 0.3) is 0 Å². The van der Waals surface area contributed by atoms with Gasteiger partial charge in [0.1, 0.15) is 0 Å². The van der Waals surface area contributed by atoms with Crippen molar-refractivity contribution in [1.29, 1.82) is 0 Å². The lowest BCUT2D eigenvalue weighted by Crippen LogP contribution is -2.48. The van der Waals surface area contributed by atoms with Crippen LogP contribution in [-0.2, 0) is 19.6 Å². The van der Waals surface area contributed by atoms with Crippen LogP contribution in [0.2, 0.25) is 0 Å². The van der Waals surface area contributed by atoms with E-state index in [1.165, 1.54) is 31.4 Å². The molecule has 0 aromatic heterocycles. The molecule has 0 unspecified atom stereocenters. The van der Waals surface area contributed by atoms with E-state index in [0.29, 0.717) is 17.8 Å². The maximum Gasteiger partial charge on any atom is 0.261 e. The number of hydrogen-bond acceptors (Lipinski definition) is 4. The summed E-state index contributed by atoms with van der Waals surface area (Å²) in [6.07, 6.45) is 7.99. The van der Waals surface area contributed by atoms with Crippen molar-refractivity contribution in [1.82, 2.24) is 5.32 Å². The first kappa shape index (κ1) is 23.9. The Bertz CT molecular complexity index is 1190. The van der Waals surface area contributed by atoms with Gasteiger partial charge in [-0.15, -0.1) is 0 Å². The highest BCUT2D eigenvalue weighted by Crippen LogP contribution is 2.61. The summed E-state index contributed by atoms with van der Waals surface area (Å²) >= 11 is 0. The predicted molar refractivity (Wildman–Crippen MR) is 135 cm³/mol. The van der Waals surface area contributed by atoms with E-state index in [4.69, 9.17) is 0 Å². The molecule has 7 nitrogen and oxygen atoms in total. The van der Waals surface area contributed by atoms with Crippen molar-refractivity contribution in [2.45, 2.75) is 56.8 Å². The molecule has 4 bridgehead atoms. The Kier molecular flexibility index (Phi) is 6.34. The lowest BCUT2D eigenvalue weighted by atomic mass is 9.49. The molecule has 186 valence electrons. The lowest BCUT2D eigenvalue weighted by molar-refractivity contribution is -0.131. The van der Waals surface area contributed by atoms with Crippen molar-refractivity contribution in [2.24, 2.45) is 23.2 Å². The Morgan fingerprint density at radius 2 is 1.54 bits per heavy atom. The van der Waals surface area contributed by atoms with Gasteiger partial charge in [-0.2, -0.15) is 0 Å². The summed E-state index contributed by atoms with van der Waals surface area (Å²) in [6.45, 7) is 1.68. The second-order valence-corrected chi connectivity index (χ2v) is 12.5. The first-order chi connectivity index (χ1) is 16.7. The van der Waals surface area contributed by atoms with Crippen LogP contribution in [-0.4, -0.2) is 26.8 Å². The Morgan fingerprint density at radius 1 is 0.914 bits per heavy atom. The molecule has 3 N–H and O–H groups in total. The molecule has 35 heavy (non-hydrogen) atoms. The molecule has 6 rings (SSSR count). The first-order valence-electron chi connectivity index (χ1n) is 12.4. The van der Waals surface area contributed by atoms with E-state index in [0.717, 1.165) is 42.6 Å². The van der Waals surface area contributed by atoms with Gasteiger partial charge in [0.2, 0.25) is 11.8 Å². The fraction of sp³-hybridized carbons (Fsp3) is 0.481. The van der Waals surface area contributed by atoms with Crippen molar-refractivity contribution in [3.63, 3.8) is 0 Å². The van der Waals surface area contributed by atoms with Gasteiger partial charge in [-0.25, -0.2) is 8.42 Å². The van der Waals surface area contributed by atoms with E-state index in [2.05, 4.69) is 15.4 Å². The normalized spacial score (nSPS) is 26.8. The molecule has 4 aliphatic carbocycles. The third-order valence-corrected chi connectivity index (χ3v) is 9.35. The minimum atomic E-state index is -3.74. The number of nitrogens with one attached hydrogen (secondary N) is 3. The maximum atomic E-state index is 12.7. The number of aryl methyl sites for hydroxylation is 1. The zero-order chi connectivity index (χ0) is 24.6. The molecule has 8 heteroatoms. The molecule has 2 aromatic rings. The molecule has 2 aromatic carbocycles. The van der Waals surface area contributed by atoms with Crippen molar-refractivity contribution in [2.75, 3.05) is 16.6 Å². The topological polar surface area (TPSA) is 104 Å². The Labute approximate surface area is 207 Å². The van der Waals surface area contributed by atoms with E-state index in [1.807, 2.05) is 0 Å². The van der Waals surface area contributed by atoms with Gasteiger partial charge in [0.25, 0.3) is 10.0 Å². The zero-order valence-corrected chi connectivity index (χ0v) is 20.9. The molecule has 2 amide bonds. The fourth-order valence-corrected chi connectivity index (χ4v) is 8.05. The maximum absolute atomic E-state index is 12.7. The Morgan fingerprint density at radius 3 is 2.17 bits per heavy atom. The highest BCUT2D eigenvalue weighted by atomic mass is 32.2. The third kappa shape index (κ3) is 5.37. The number of anilines is 2. The minimum absolute atomic E-state index is 0.0534. The van der Waals surface area contributed by atoms with E-state index in [-0.39, 0.29) is 28.7 Å². The van der Waals surface area contributed by atoms with Crippen LogP contribution in [0, 0.1) is 30.1 Å². The summed E-state index contributed by atoms with van der Waals surface area (Å²) in [5.74, 6) is 1.96. The van der Waals surface area contributed by atoms with E-state index < -0.39 is 10.0 Å². The second-order valence-electron chi connectivity index (χ2n) is 10.9. The van der Waals surface area contributed by atoms with Gasteiger partial charge in [0, 0.05) is 12.1 Å². The van der Waals surface area contributed by atoms with Crippen molar-refractivity contribution in [3.05, 3.63) is 54.1 Å². The quantitative estimate of drug-likeness (QED) is 0.503. The van der Waals surface area contributed by atoms with Crippen LogP contribution in [0.1, 0.15) is 50.5 Å². The minimum Gasteiger partial charge on any atom is -0.347 e. The van der Waals surface area contributed by atoms with Crippen LogP contribution in [0.4, 0.5) is 11.4 Å². The van der Waals surface area contributed by atoms with E-state index in [1.54, 1.807) is 43.3 Å². The van der Waals surface area contributed by atoms with Gasteiger partial charge in [-0.3, -0.25) is 14.3 Å². The first-order valence-corrected chi connectivity index (χ1v) is 13.9. The summed E-state index contributed by atoms with van der Waals surface area (Å²) in [7, 11) is -3.74. The van der Waals surface area contributed by atoms with Crippen LogP contribution in [0.5, 0.6) is 0 Å². The summed E-state index contributed by atoms with van der Waals surface area (Å²) in [4.78, 5) is 25.4. The molecule has 0 atom stereocenters. The smallest absolute Gasteiger partial charge is 0.261 e. The molecule has 0 aliphatic heterocycles. The number of carbonyl (C=O) groups excluding carboxylic acids is 2. The van der Waals surface area contributed by atoms with Crippen molar-refractivity contribution in [3.8, 4) is 0 Å². The fourth-order valence-electron chi connectivity index (χ4n) is 6.91. The van der Waals surface area contributed by atoms with Crippen LogP contribution in [0.15, 0.2) is 53.4 Å². The zero-order valence-electron chi connectivity index (χ0n) is 20.0. The van der Waals surface area contributed by atoms with Crippen molar-refractivity contribution >= 4 is 33.2 Å². The van der Waals surface area contributed by atoms with Crippen LogP contribution in [0.3, 0.4) is 0 Å². The molecule has 4 fully saturated rings. The molecule has 0 spiro atoms. The lowest BCUT2D eigenvalue weighted by Gasteiger charge is -2.56. The molecule has 0 heterocycles. The van der Waals surface area contributed by atoms with E-state index >= 15 is 0 Å². The number of hydrogen-bond donors (Lipinski definition) is 3. The SMILES string of the molecule is Cc1ccc(NC(=O)CNC(=O)CC23CC4CC(CC(C4)C2)C3)cc1NS(=O)(=O)c1ccccc1. The molecule has 0 saturated heterocycles. The Balaban J connectivity index is 1.16. The second kappa shape index (κ2) is 9.30.